The highest BCUT2D eigenvalue weighted by Crippen LogP contribution is 2.28. The number of hydrogen-bond acceptors (Lipinski definition) is 4. The van der Waals surface area contributed by atoms with Crippen LogP contribution in [0.1, 0.15) is 32.3 Å². The zero-order chi connectivity index (χ0) is 20.2. The molecule has 0 radical (unpaired) electrons. The average Bonchev–Trinajstić information content (AvgIpc) is 2.62. The highest BCUT2D eigenvalue weighted by atomic mass is 35.5. The van der Waals surface area contributed by atoms with Gasteiger partial charge in [0.2, 0.25) is 15.9 Å². The number of carbonyl (C=O) groups is 1. The van der Waals surface area contributed by atoms with E-state index in [0.717, 1.165) is 5.56 Å². The first kappa shape index (κ1) is 21.2. The van der Waals surface area contributed by atoms with E-state index >= 15 is 0 Å². The van der Waals surface area contributed by atoms with Crippen LogP contribution in [0.3, 0.4) is 0 Å². The summed E-state index contributed by atoms with van der Waals surface area (Å²) in [5.74, 6) is -0.118. The zero-order valence-corrected chi connectivity index (χ0v) is 17.2. The summed E-state index contributed by atoms with van der Waals surface area (Å²) in [6.45, 7) is 5.41. The molecule has 0 heterocycles. The molecule has 0 aliphatic rings. The van der Waals surface area contributed by atoms with Gasteiger partial charge in [-0.2, -0.15) is 4.72 Å². The maximum Gasteiger partial charge on any atom is 0.244 e. The van der Waals surface area contributed by atoms with Gasteiger partial charge in [0.25, 0.3) is 0 Å². The van der Waals surface area contributed by atoms with Crippen LogP contribution in [0.5, 0.6) is 5.75 Å². The Morgan fingerprint density at radius 3 is 2.26 bits per heavy atom. The highest BCUT2D eigenvalue weighted by Gasteiger charge is 2.25. The molecule has 0 saturated heterocycles. The van der Waals surface area contributed by atoms with Gasteiger partial charge in [0.1, 0.15) is 10.6 Å². The summed E-state index contributed by atoms with van der Waals surface area (Å²) in [4.78, 5) is 12.3. The quantitative estimate of drug-likeness (QED) is 0.727. The molecule has 146 valence electrons. The van der Waals surface area contributed by atoms with Crippen LogP contribution in [0.2, 0.25) is 5.02 Å². The topological polar surface area (TPSA) is 84.5 Å². The van der Waals surface area contributed by atoms with Crippen molar-refractivity contribution >= 4 is 33.2 Å². The van der Waals surface area contributed by atoms with Crippen LogP contribution < -0.4 is 14.8 Å². The van der Waals surface area contributed by atoms with Crippen molar-refractivity contribution in [2.75, 3.05) is 12.4 Å². The van der Waals surface area contributed by atoms with E-state index in [1.165, 1.54) is 14.0 Å². The Morgan fingerprint density at radius 1 is 1.07 bits per heavy atom. The predicted octanol–water partition coefficient (Wildman–Crippen LogP) is 3.78. The molecule has 27 heavy (non-hydrogen) atoms. The van der Waals surface area contributed by atoms with Crippen LogP contribution in [0.25, 0.3) is 0 Å². The Morgan fingerprint density at radius 2 is 1.70 bits per heavy atom. The third-order valence-electron chi connectivity index (χ3n) is 3.98. The lowest BCUT2D eigenvalue weighted by Crippen LogP contribution is -2.41. The molecule has 1 unspecified atom stereocenters. The van der Waals surface area contributed by atoms with Crippen LogP contribution in [0, 0.1) is 0 Å². The first-order chi connectivity index (χ1) is 12.6. The molecule has 2 rings (SSSR count). The fourth-order valence-corrected chi connectivity index (χ4v) is 3.93. The first-order valence-corrected chi connectivity index (χ1v) is 10.3. The summed E-state index contributed by atoms with van der Waals surface area (Å²) < 4.78 is 33.2. The number of amides is 1. The molecule has 0 bridgehead atoms. The number of nitrogens with one attached hydrogen (secondary N) is 2. The number of hydrogen-bond donors (Lipinski definition) is 2. The number of sulfonamides is 1. The van der Waals surface area contributed by atoms with Crippen LogP contribution in [-0.4, -0.2) is 27.5 Å². The first-order valence-electron chi connectivity index (χ1n) is 8.40. The fraction of sp³-hybridized carbons (Fsp3) is 0.316. The fourth-order valence-electron chi connectivity index (χ4n) is 2.40. The Hall–Kier alpha value is -2.09. The molecule has 6 nitrogen and oxygen atoms in total. The highest BCUT2D eigenvalue weighted by molar-refractivity contribution is 7.89. The van der Waals surface area contributed by atoms with Crippen molar-refractivity contribution in [3.63, 3.8) is 0 Å². The van der Waals surface area contributed by atoms with Gasteiger partial charge >= 0.3 is 0 Å². The molecule has 0 saturated carbocycles. The van der Waals surface area contributed by atoms with E-state index in [4.69, 9.17) is 16.3 Å². The lowest BCUT2D eigenvalue weighted by atomic mass is 10.0. The molecule has 0 aliphatic carbocycles. The number of rotatable bonds is 7. The third-order valence-corrected chi connectivity index (χ3v) is 5.79. The molecular weight excluding hydrogens is 388 g/mol. The minimum absolute atomic E-state index is 0.00217. The number of carbonyl (C=O) groups excluding carboxylic acids is 1. The summed E-state index contributed by atoms with van der Waals surface area (Å²) in [5.41, 5.74) is 1.38. The van der Waals surface area contributed by atoms with Crippen LogP contribution in [0.15, 0.2) is 47.4 Å². The number of ether oxygens (including phenoxy) is 1. The van der Waals surface area contributed by atoms with E-state index < -0.39 is 22.0 Å². The van der Waals surface area contributed by atoms with Crippen molar-refractivity contribution in [1.82, 2.24) is 4.72 Å². The number of methoxy groups -OCH3 is 1. The van der Waals surface area contributed by atoms with Gasteiger partial charge in [0.05, 0.1) is 13.2 Å². The zero-order valence-electron chi connectivity index (χ0n) is 15.6. The average molecular weight is 411 g/mol. The van der Waals surface area contributed by atoms with E-state index in [2.05, 4.69) is 10.0 Å². The van der Waals surface area contributed by atoms with Crippen molar-refractivity contribution in [3.05, 3.63) is 53.1 Å². The van der Waals surface area contributed by atoms with Gasteiger partial charge in [-0.1, -0.05) is 31.5 Å². The maximum absolute atomic E-state index is 12.8. The largest absolute Gasteiger partial charge is 0.495 e. The SMILES string of the molecule is COc1ccc(C(C)C)cc1S(=O)(=O)NC(C)C(=O)Nc1ccc(Cl)cc1. The van der Waals surface area contributed by atoms with E-state index in [1.807, 2.05) is 19.9 Å². The van der Waals surface area contributed by atoms with Gasteiger partial charge in [-0.25, -0.2) is 8.42 Å². The Bertz CT molecular complexity index is 912. The second-order valence-electron chi connectivity index (χ2n) is 6.40. The molecule has 8 heteroatoms. The maximum atomic E-state index is 12.8. The molecule has 0 aliphatic heterocycles. The van der Waals surface area contributed by atoms with E-state index in [9.17, 15) is 13.2 Å². The van der Waals surface area contributed by atoms with Gasteiger partial charge in [-0.15, -0.1) is 0 Å². The van der Waals surface area contributed by atoms with E-state index in [-0.39, 0.29) is 16.6 Å². The molecule has 0 spiro atoms. The van der Waals surface area contributed by atoms with Gasteiger partial charge < -0.3 is 10.1 Å². The number of anilines is 1. The van der Waals surface area contributed by atoms with Gasteiger partial charge in [-0.05, 0) is 54.8 Å². The molecule has 0 aromatic heterocycles. The van der Waals surface area contributed by atoms with Crippen molar-refractivity contribution in [2.24, 2.45) is 0 Å². The van der Waals surface area contributed by atoms with Crippen molar-refractivity contribution in [1.29, 1.82) is 0 Å². The van der Waals surface area contributed by atoms with Crippen LogP contribution in [0.4, 0.5) is 5.69 Å². The number of halogens is 1. The van der Waals surface area contributed by atoms with Gasteiger partial charge in [-0.3, -0.25) is 4.79 Å². The standard InChI is InChI=1S/C19H23ClN2O4S/c1-12(2)14-5-10-17(26-4)18(11-14)27(24,25)22-13(3)19(23)21-16-8-6-15(20)7-9-16/h5-13,22H,1-4H3,(H,21,23). The predicted molar refractivity (Wildman–Crippen MR) is 107 cm³/mol. The second-order valence-corrected chi connectivity index (χ2v) is 8.52. The minimum atomic E-state index is -3.96. The summed E-state index contributed by atoms with van der Waals surface area (Å²) in [5, 5.41) is 3.19. The summed E-state index contributed by atoms with van der Waals surface area (Å²) >= 11 is 5.81. The lowest BCUT2D eigenvalue weighted by Gasteiger charge is -2.17. The summed E-state index contributed by atoms with van der Waals surface area (Å²) in [7, 11) is -2.56. The molecule has 1 atom stereocenters. The van der Waals surface area contributed by atoms with Gasteiger partial charge in [0.15, 0.2) is 0 Å². The number of benzene rings is 2. The Labute approximate surface area is 164 Å². The molecule has 2 N–H and O–H groups in total. The molecule has 2 aromatic carbocycles. The summed E-state index contributed by atoms with van der Waals surface area (Å²) in [6, 6.07) is 10.5. The smallest absolute Gasteiger partial charge is 0.244 e. The lowest BCUT2D eigenvalue weighted by molar-refractivity contribution is -0.117. The van der Waals surface area contributed by atoms with E-state index in [0.29, 0.717) is 10.7 Å². The molecule has 0 fully saturated rings. The third kappa shape index (κ3) is 5.45. The molecule has 2 aromatic rings. The second kappa shape index (κ2) is 8.73. The monoisotopic (exact) mass is 410 g/mol. The van der Waals surface area contributed by atoms with Crippen molar-refractivity contribution in [2.45, 2.75) is 37.6 Å². The normalized spacial score (nSPS) is 12.7. The van der Waals surface area contributed by atoms with E-state index in [1.54, 1.807) is 36.4 Å². The van der Waals surface area contributed by atoms with Crippen LogP contribution >= 0.6 is 11.6 Å². The minimum Gasteiger partial charge on any atom is -0.495 e. The van der Waals surface area contributed by atoms with Crippen molar-refractivity contribution in [3.8, 4) is 5.75 Å². The van der Waals surface area contributed by atoms with Crippen molar-refractivity contribution < 1.29 is 17.9 Å². The Balaban J connectivity index is 2.20. The Kier molecular flexibility index (Phi) is 6.86. The van der Waals surface area contributed by atoms with Crippen LogP contribution in [-0.2, 0) is 14.8 Å². The van der Waals surface area contributed by atoms with Gasteiger partial charge in [0, 0.05) is 10.7 Å². The summed E-state index contributed by atoms with van der Waals surface area (Å²) in [6.07, 6.45) is 0. The molecule has 1 amide bonds. The molecular formula is C19H23ClN2O4S.